The molecule has 0 aliphatic carbocycles. The summed E-state index contributed by atoms with van der Waals surface area (Å²) in [4.78, 5) is 0. The molecular formula is C13H25NO2. The quantitative estimate of drug-likeness (QED) is 0.680. The van der Waals surface area contributed by atoms with Gasteiger partial charge >= 0.3 is 0 Å². The van der Waals surface area contributed by atoms with Crippen molar-refractivity contribution in [1.29, 1.82) is 0 Å². The Kier molecular flexibility index (Phi) is 12.7. The van der Waals surface area contributed by atoms with Crippen LogP contribution in [-0.4, -0.2) is 16.8 Å². The summed E-state index contributed by atoms with van der Waals surface area (Å²) in [7, 11) is 0. The number of aromatic hydroxyl groups is 2. The van der Waals surface area contributed by atoms with Gasteiger partial charge in [0.2, 0.25) is 0 Å². The van der Waals surface area contributed by atoms with E-state index >= 15 is 0 Å². The lowest BCUT2D eigenvalue weighted by atomic mass is 10.1. The van der Waals surface area contributed by atoms with Crippen LogP contribution in [0.5, 0.6) is 11.5 Å². The smallest absolute Gasteiger partial charge is 0.157 e. The van der Waals surface area contributed by atoms with Gasteiger partial charge in [-0.2, -0.15) is 0 Å². The van der Waals surface area contributed by atoms with E-state index in [4.69, 9.17) is 15.9 Å². The predicted octanol–water partition coefficient (Wildman–Crippen LogP) is 3.04. The Hall–Kier alpha value is -1.22. The van der Waals surface area contributed by atoms with Crippen molar-refractivity contribution in [3.8, 4) is 11.5 Å². The van der Waals surface area contributed by atoms with Crippen molar-refractivity contribution in [3.05, 3.63) is 23.8 Å². The molecule has 0 saturated carbocycles. The van der Waals surface area contributed by atoms with E-state index in [0.29, 0.717) is 13.0 Å². The van der Waals surface area contributed by atoms with E-state index in [1.165, 1.54) is 18.6 Å². The third kappa shape index (κ3) is 8.12. The maximum absolute atomic E-state index is 9.04. The van der Waals surface area contributed by atoms with Gasteiger partial charge in [-0.3, -0.25) is 0 Å². The number of rotatable bonds is 2. The van der Waals surface area contributed by atoms with E-state index in [9.17, 15) is 0 Å². The van der Waals surface area contributed by atoms with Crippen LogP contribution in [0.25, 0.3) is 0 Å². The highest BCUT2D eigenvalue weighted by molar-refractivity contribution is 5.40. The Morgan fingerprint density at radius 3 is 1.94 bits per heavy atom. The molecule has 94 valence electrons. The van der Waals surface area contributed by atoms with Crippen LogP contribution in [0, 0.1) is 0 Å². The highest BCUT2D eigenvalue weighted by Gasteiger charge is 1.98. The van der Waals surface area contributed by atoms with E-state index in [-0.39, 0.29) is 11.5 Å². The van der Waals surface area contributed by atoms with Crippen LogP contribution in [0.15, 0.2) is 18.2 Å². The lowest BCUT2D eigenvalue weighted by molar-refractivity contribution is 0.403. The van der Waals surface area contributed by atoms with Crippen LogP contribution in [-0.2, 0) is 6.42 Å². The van der Waals surface area contributed by atoms with Crippen LogP contribution in [0.3, 0.4) is 0 Å². The Morgan fingerprint density at radius 2 is 1.56 bits per heavy atom. The first kappa shape index (κ1) is 17.2. The molecule has 1 aromatic carbocycles. The Bertz CT molecular complexity index is 262. The molecule has 0 saturated heterocycles. The first-order valence-electron chi connectivity index (χ1n) is 5.86. The number of nitrogens with two attached hydrogens (primary N) is 1. The molecule has 0 atom stereocenters. The normalized spacial score (nSPS) is 8.31. The van der Waals surface area contributed by atoms with Crippen molar-refractivity contribution < 1.29 is 10.2 Å². The van der Waals surface area contributed by atoms with Gasteiger partial charge < -0.3 is 15.9 Å². The summed E-state index contributed by atoms with van der Waals surface area (Å²) >= 11 is 0. The van der Waals surface area contributed by atoms with Gasteiger partial charge in [-0.15, -0.1) is 0 Å². The highest BCUT2D eigenvalue weighted by atomic mass is 16.3. The highest BCUT2D eigenvalue weighted by Crippen LogP contribution is 2.24. The second kappa shape index (κ2) is 11.9. The summed E-state index contributed by atoms with van der Waals surface area (Å²) in [6, 6.07) is 4.71. The first-order chi connectivity index (χ1) is 7.65. The molecule has 0 aromatic heterocycles. The maximum atomic E-state index is 9.04. The zero-order chi connectivity index (χ0) is 13.0. The van der Waals surface area contributed by atoms with Crippen LogP contribution >= 0.6 is 0 Å². The summed E-state index contributed by atoms with van der Waals surface area (Å²) in [5.41, 5.74) is 6.24. The minimum atomic E-state index is -0.0919. The van der Waals surface area contributed by atoms with E-state index < -0.39 is 0 Å². The van der Waals surface area contributed by atoms with Gasteiger partial charge in [-0.25, -0.2) is 0 Å². The molecule has 0 heterocycles. The van der Waals surface area contributed by atoms with Crippen molar-refractivity contribution in [2.24, 2.45) is 5.73 Å². The fourth-order valence-corrected chi connectivity index (χ4v) is 0.891. The lowest BCUT2D eigenvalue weighted by Crippen LogP contribution is -2.02. The van der Waals surface area contributed by atoms with Gasteiger partial charge in [0, 0.05) is 0 Å². The molecule has 0 spiro atoms. The number of benzene rings is 1. The zero-order valence-electron chi connectivity index (χ0n) is 10.8. The number of phenols is 2. The van der Waals surface area contributed by atoms with E-state index in [1.807, 2.05) is 13.8 Å². The number of phenolic OH excluding ortho intramolecular Hbond substituents is 2. The van der Waals surface area contributed by atoms with E-state index in [0.717, 1.165) is 5.56 Å². The van der Waals surface area contributed by atoms with Gasteiger partial charge in [-0.05, 0) is 30.7 Å². The van der Waals surface area contributed by atoms with Crippen molar-refractivity contribution in [1.82, 2.24) is 0 Å². The topological polar surface area (TPSA) is 66.5 Å². The standard InChI is InChI=1S/C8H11NO2.C3H8.C2H6/c9-4-3-6-1-2-7(10)8(11)5-6;1-3-2;1-2/h1-2,5,10-11H,3-4,9H2;3H2,1-2H3;1-2H3. The lowest BCUT2D eigenvalue weighted by Gasteiger charge is -2.00. The summed E-state index contributed by atoms with van der Waals surface area (Å²) in [6.07, 6.45) is 1.97. The van der Waals surface area contributed by atoms with E-state index in [1.54, 1.807) is 6.07 Å². The second-order valence-corrected chi connectivity index (χ2v) is 3.07. The minimum absolute atomic E-state index is 0.0871. The van der Waals surface area contributed by atoms with Gasteiger partial charge in [0.1, 0.15) is 0 Å². The average Bonchev–Trinajstić information content (AvgIpc) is 2.28. The minimum Gasteiger partial charge on any atom is -0.504 e. The molecular weight excluding hydrogens is 202 g/mol. The molecule has 3 nitrogen and oxygen atoms in total. The molecule has 16 heavy (non-hydrogen) atoms. The van der Waals surface area contributed by atoms with Crippen molar-refractivity contribution in [3.63, 3.8) is 0 Å². The third-order valence-corrected chi connectivity index (χ3v) is 1.47. The van der Waals surface area contributed by atoms with Crippen LogP contribution in [0.2, 0.25) is 0 Å². The third-order valence-electron chi connectivity index (χ3n) is 1.47. The summed E-state index contributed by atoms with van der Waals surface area (Å²) in [6.45, 7) is 8.80. The number of hydrogen-bond acceptors (Lipinski definition) is 3. The Balaban J connectivity index is 0. The fraction of sp³-hybridized carbons (Fsp3) is 0.538. The summed E-state index contributed by atoms with van der Waals surface area (Å²) in [5.74, 6) is -0.179. The van der Waals surface area contributed by atoms with Crippen LogP contribution in [0.4, 0.5) is 0 Å². The largest absolute Gasteiger partial charge is 0.504 e. The summed E-state index contributed by atoms with van der Waals surface area (Å²) < 4.78 is 0. The molecule has 0 unspecified atom stereocenters. The SMILES string of the molecule is CC.CCC.NCCc1ccc(O)c(O)c1. The fourth-order valence-electron chi connectivity index (χ4n) is 0.891. The maximum Gasteiger partial charge on any atom is 0.157 e. The zero-order valence-corrected chi connectivity index (χ0v) is 10.8. The van der Waals surface area contributed by atoms with Gasteiger partial charge in [0.05, 0.1) is 0 Å². The van der Waals surface area contributed by atoms with Crippen molar-refractivity contribution in [2.75, 3.05) is 6.54 Å². The molecule has 4 N–H and O–H groups in total. The molecule has 1 rings (SSSR count). The van der Waals surface area contributed by atoms with Crippen molar-refractivity contribution >= 4 is 0 Å². The second-order valence-electron chi connectivity index (χ2n) is 3.07. The van der Waals surface area contributed by atoms with Crippen molar-refractivity contribution in [2.45, 2.75) is 40.5 Å². The van der Waals surface area contributed by atoms with Gasteiger partial charge in [0.25, 0.3) is 0 Å². The molecule has 0 fully saturated rings. The molecule has 0 radical (unpaired) electrons. The number of hydrogen-bond donors (Lipinski definition) is 3. The molecule has 0 aliphatic heterocycles. The average molecular weight is 227 g/mol. The molecule has 0 amide bonds. The Labute approximate surface area is 98.9 Å². The Morgan fingerprint density at radius 1 is 1.06 bits per heavy atom. The van der Waals surface area contributed by atoms with Crippen LogP contribution < -0.4 is 5.73 Å². The van der Waals surface area contributed by atoms with Gasteiger partial charge in [0.15, 0.2) is 11.5 Å². The predicted molar refractivity (Wildman–Crippen MR) is 69.8 cm³/mol. The summed E-state index contributed by atoms with van der Waals surface area (Å²) in [5, 5.41) is 18.0. The van der Waals surface area contributed by atoms with E-state index in [2.05, 4.69) is 13.8 Å². The molecule has 3 heteroatoms. The molecule has 1 aromatic rings. The molecule has 0 bridgehead atoms. The molecule has 0 aliphatic rings. The van der Waals surface area contributed by atoms with Gasteiger partial charge in [-0.1, -0.05) is 40.2 Å². The first-order valence-corrected chi connectivity index (χ1v) is 5.86. The monoisotopic (exact) mass is 227 g/mol. The van der Waals surface area contributed by atoms with Crippen LogP contribution in [0.1, 0.15) is 39.7 Å².